The lowest BCUT2D eigenvalue weighted by atomic mass is 9.64. The van der Waals surface area contributed by atoms with Crippen LogP contribution < -0.4 is 5.32 Å². The molecule has 0 radical (unpaired) electrons. The van der Waals surface area contributed by atoms with Crippen LogP contribution in [-0.2, 0) is 0 Å². The number of halogens is 2. The zero-order valence-corrected chi connectivity index (χ0v) is 10.4. The van der Waals surface area contributed by atoms with E-state index in [1.54, 1.807) is 17.8 Å². The average molecular weight is 258 g/mol. The van der Waals surface area contributed by atoms with Gasteiger partial charge in [-0.05, 0) is 36.5 Å². The molecule has 1 aromatic rings. The second kappa shape index (κ2) is 3.90. The molecule has 1 aliphatic heterocycles. The highest BCUT2D eigenvalue weighted by Gasteiger charge is 2.48. The number of hydrogen-bond acceptors (Lipinski definition) is 2. The molecule has 16 heavy (non-hydrogen) atoms. The van der Waals surface area contributed by atoms with Crippen LogP contribution in [0.4, 0.5) is 4.39 Å². The molecule has 1 spiro atoms. The third-order valence-electron chi connectivity index (χ3n) is 3.51. The summed E-state index contributed by atoms with van der Waals surface area (Å²) in [7, 11) is 0. The number of nitrogens with one attached hydrogen (secondary N) is 1. The molecular formula is C12H13ClFNS. The van der Waals surface area contributed by atoms with Crippen LogP contribution in [0.15, 0.2) is 23.1 Å². The van der Waals surface area contributed by atoms with E-state index >= 15 is 0 Å². The Morgan fingerprint density at radius 1 is 1.38 bits per heavy atom. The van der Waals surface area contributed by atoms with Gasteiger partial charge < -0.3 is 5.32 Å². The minimum absolute atomic E-state index is 0.261. The number of benzene rings is 1. The highest BCUT2D eigenvalue weighted by atomic mass is 35.5. The third-order valence-corrected chi connectivity index (χ3v) is 5.21. The zero-order chi connectivity index (χ0) is 11.2. The van der Waals surface area contributed by atoms with E-state index in [1.807, 2.05) is 0 Å². The van der Waals surface area contributed by atoms with Crippen LogP contribution in [0.5, 0.6) is 0 Å². The van der Waals surface area contributed by atoms with Crippen LogP contribution >= 0.6 is 23.4 Å². The second-order valence-electron chi connectivity index (χ2n) is 4.83. The summed E-state index contributed by atoms with van der Waals surface area (Å²) in [4.78, 5) is 1.01. The number of hydrogen-bond donors (Lipinski definition) is 1. The Hall–Kier alpha value is -0.250. The van der Waals surface area contributed by atoms with Crippen molar-refractivity contribution in [1.82, 2.24) is 5.32 Å². The van der Waals surface area contributed by atoms with Crippen molar-refractivity contribution in [3.05, 3.63) is 29.0 Å². The molecular weight excluding hydrogens is 245 g/mol. The van der Waals surface area contributed by atoms with Crippen LogP contribution in [0.2, 0.25) is 5.02 Å². The van der Waals surface area contributed by atoms with E-state index in [4.69, 9.17) is 11.6 Å². The molecule has 2 fully saturated rings. The molecule has 1 heterocycles. The first-order valence-electron chi connectivity index (χ1n) is 5.49. The molecule has 1 nitrogen and oxygen atoms in total. The highest BCUT2D eigenvalue weighted by Crippen LogP contribution is 2.51. The van der Waals surface area contributed by atoms with Crippen molar-refractivity contribution in [2.24, 2.45) is 5.41 Å². The molecule has 1 aliphatic carbocycles. The summed E-state index contributed by atoms with van der Waals surface area (Å²) in [5.74, 6) is -0.261. The van der Waals surface area contributed by atoms with Crippen molar-refractivity contribution < 1.29 is 4.39 Å². The smallest absolute Gasteiger partial charge is 0.124 e. The van der Waals surface area contributed by atoms with E-state index in [1.165, 1.54) is 38.1 Å². The summed E-state index contributed by atoms with van der Waals surface area (Å²) in [6.45, 7) is 2.34. The van der Waals surface area contributed by atoms with E-state index in [0.29, 0.717) is 15.7 Å². The van der Waals surface area contributed by atoms with Gasteiger partial charge in [0.15, 0.2) is 0 Å². The summed E-state index contributed by atoms with van der Waals surface area (Å²) in [5, 5.41) is 4.52. The summed E-state index contributed by atoms with van der Waals surface area (Å²) in [5.41, 5.74) is 0.587. The van der Waals surface area contributed by atoms with Crippen molar-refractivity contribution in [2.45, 2.75) is 23.0 Å². The second-order valence-corrected chi connectivity index (χ2v) is 6.58. The fourth-order valence-corrected chi connectivity index (χ4v) is 4.36. The Labute approximate surface area is 104 Å². The monoisotopic (exact) mass is 257 g/mol. The van der Waals surface area contributed by atoms with E-state index in [9.17, 15) is 4.39 Å². The molecule has 0 aromatic heterocycles. The van der Waals surface area contributed by atoms with Crippen molar-refractivity contribution >= 4 is 23.4 Å². The molecule has 1 aromatic carbocycles. The van der Waals surface area contributed by atoms with Gasteiger partial charge in [0.05, 0.1) is 5.02 Å². The first-order chi connectivity index (χ1) is 7.67. The maximum atomic E-state index is 12.9. The Balaban J connectivity index is 1.62. The first-order valence-corrected chi connectivity index (χ1v) is 6.75. The van der Waals surface area contributed by atoms with Crippen LogP contribution in [0.1, 0.15) is 12.8 Å². The third kappa shape index (κ3) is 1.85. The Morgan fingerprint density at radius 3 is 2.69 bits per heavy atom. The Kier molecular flexibility index (Phi) is 2.65. The molecule has 0 atom stereocenters. The maximum absolute atomic E-state index is 12.9. The van der Waals surface area contributed by atoms with Gasteiger partial charge in [-0.25, -0.2) is 4.39 Å². The van der Waals surface area contributed by atoms with Gasteiger partial charge in [0.2, 0.25) is 0 Å². The largest absolute Gasteiger partial charge is 0.316 e. The molecule has 0 unspecified atom stereocenters. The summed E-state index contributed by atoms with van der Waals surface area (Å²) >= 11 is 7.79. The predicted molar refractivity (Wildman–Crippen MR) is 65.6 cm³/mol. The minimum Gasteiger partial charge on any atom is -0.316 e. The van der Waals surface area contributed by atoms with Gasteiger partial charge in [0.1, 0.15) is 5.82 Å². The van der Waals surface area contributed by atoms with E-state index in [0.717, 1.165) is 4.90 Å². The predicted octanol–water partition coefficient (Wildman–Crippen LogP) is 3.32. The standard InChI is InChI=1S/C12H13ClFNS/c13-10-3-8(14)1-2-11(10)16-9-4-12(5-9)6-15-7-12/h1-3,9,15H,4-7H2. The van der Waals surface area contributed by atoms with E-state index in [-0.39, 0.29) is 5.82 Å². The molecule has 1 saturated heterocycles. The van der Waals surface area contributed by atoms with Gasteiger partial charge in [-0.3, -0.25) is 0 Å². The SMILES string of the molecule is Fc1ccc(SC2CC3(CNC3)C2)c(Cl)c1. The molecule has 1 N–H and O–H groups in total. The minimum atomic E-state index is -0.261. The first kappa shape index (κ1) is 10.9. The summed E-state index contributed by atoms with van der Waals surface area (Å²) in [6, 6.07) is 4.66. The molecule has 86 valence electrons. The molecule has 2 aliphatic rings. The van der Waals surface area contributed by atoms with Gasteiger partial charge in [-0.2, -0.15) is 0 Å². The molecule has 4 heteroatoms. The van der Waals surface area contributed by atoms with Crippen molar-refractivity contribution in [3.63, 3.8) is 0 Å². The summed E-state index contributed by atoms with van der Waals surface area (Å²) < 4.78 is 12.9. The van der Waals surface area contributed by atoms with Crippen LogP contribution in [0.25, 0.3) is 0 Å². The maximum Gasteiger partial charge on any atom is 0.124 e. The van der Waals surface area contributed by atoms with E-state index in [2.05, 4.69) is 5.32 Å². The number of rotatable bonds is 2. The Bertz CT molecular complexity index is 411. The topological polar surface area (TPSA) is 12.0 Å². The lowest BCUT2D eigenvalue weighted by Gasteiger charge is -2.54. The van der Waals surface area contributed by atoms with Gasteiger partial charge in [-0.15, -0.1) is 11.8 Å². The fourth-order valence-electron chi connectivity index (χ4n) is 2.51. The summed E-state index contributed by atoms with van der Waals surface area (Å²) in [6.07, 6.45) is 2.52. The zero-order valence-electron chi connectivity index (χ0n) is 8.80. The highest BCUT2D eigenvalue weighted by molar-refractivity contribution is 8.00. The van der Waals surface area contributed by atoms with E-state index < -0.39 is 0 Å². The average Bonchev–Trinajstić information content (AvgIpc) is 2.10. The quantitative estimate of drug-likeness (QED) is 0.872. The molecule has 3 rings (SSSR count). The van der Waals surface area contributed by atoms with Crippen LogP contribution in [-0.4, -0.2) is 18.3 Å². The van der Waals surface area contributed by atoms with Crippen LogP contribution in [0.3, 0.4) is 0 Å². The van der Waals surface area contributed by atoms with Crippen LogP contribution in [0, 0.1) is 11.2 Å². The van der Waals surface area contributed by atoms with Crippen molar-refractivity contribution in [2.75, 3.05) is 13.1 Å². The fraction of sp³-hybridized carbons (Fsp3) is 0.500. The lowest BCUT2D eigenvalue weighted by Crippen LogP contribution is -2.61. The molecule has 0 bridgehead atoms. The Morgan fingerprint density at radius 2 is 2.12 bits per heavy atom. The van der Waals surface area contributed by atoms with Crippen molar-refractivity contribution in [1.29, 1.82) is 0 Å². The van der Waals surface area contributed by atoms with Gasteiger partial charge >= 0.3 is 0 Å². The van der Waals surface area contributed by atoms with Gasteiger partial charge in [0, 0.05) is 23.2 Å². The van der Waals surface area contributed by atoms with Gasteiger partial charge in [-0.1, -0.05) is 11.6 Å². The molecule has 1 saturated carbocycles. The normalized spacial score (nSPS) is 22.9. The number of thioether (sulfide) groups is 1. The lowest BCUT2D eigenvalue weighted by molar-refractivity contribution is 0.0675. The molecule has 0 amide bonds. The van der Waals surface area contributed by atoms with Crippen molar-refractivity contribution in [3.8, 4) is 0 Å². The van der Waals surface area contributed by atoms with Gasteiger partial charge in [0.25, 0.3) is 0 Å².